The fourth-order valence-corrected chi connectivity index (χ4v) is 4.35. The smallest absolute Gasteiger partial charge is 0.142 e. The van der Waals surface area contributed by atoms with Crippen molar-refractivity contribution in [2.75, 3.05) is 24.5 Å². The molecule has 4 aromatic rings. The summed E-state index contributed by atoms with van der Waals surface area (Å²) in [6.07, 6.45) is 4.00. The molecule has 0 saturated carbocycles. The monoisotopic (exact) mass is 471 g/mol. The maximum atomic E-state index is 13.5. The molecule has 2 aromatic carbocycles. The third-order valence-corrected chi connectivity index (χ3v) is 6.02. The molecule has 2 heterocycles. The van der Waals surface area contributed by atoms with Crippen LogP contribution in [0.5, 0.6) is 0 Å². The summed E-state index contributed by atoms with van der Waals surface area (Å²) in [7, 11) is 0. The minimum atomic E-state index is -0.199. The molecular weight excluding hydrogens is 437 g/mol. The zero-order valence-electron chi connectivity index (χ0n) is 20.5. The second kappa shape index (κ2) is 11.2. The predicted octanol–water partition coefficient (Wildman–Crippen LogP) is 5.41. The number of nitrogens with two attached hydrogens (primary N) is 1. The van der Waals surface area contributed by atoms with E-state index in [0.29, 0.717) is 18.2 Å². The Morgan fingerprint density at radius 2 is 1.91 bits per heavy atom. The molecule has 0 atom stereocenters. The van der Waals surface area contributed by atoms with E-state index in [2.05, 4.69) is 65.7 Å². The van der Waals surface area contributed by atoms with Crippen molar-refractivity contribution in [3.05, 3.63) is 102 Å². The minimum Gasteiger partial charge on any atom is -0.399 e. The Bertz CT molecular complexity index is 1280. The molecule has 3 N–H and O–H groups in total. The number of nitrogens with zero attached hydrogens (tertiary/aromatic N) is 3. The Balaban J connectivity index is 1.49. The van der Waals surface area contributed by atoms with E-state index in [1.54, 1.807) is 12.1 Å². The average Bonchev–Trinajstić information content (AvgIpc) is 3.24. The molecular formula is C29H34FN5. The van der Waals surface area contributed by atoms with E-state index >= 15 is 0 Å². The van der Waals surface area contributed by atoms with E-state index in [9.17, 15) is 4.39 Å². The molecule has 0 bridgehead atoms. The van der Waals surface area contributed by atoms with Gasteiger partial charge in [0.2, 0.25) is 0 Å². The van der Waals surface area contributed by atoms with Crippen LogP contribution in [0.25, 0.3) is 16.7 Å². The van der Waals surface area contributed by atoms with Crippen LogP contribution < -0.4 is 16.0 Å². The summed E-state index contributed by atoms with van der Waals surface area (Å²) in [5.74, 6) is 0.314. The number of pyridine rings is 1. The van der Waals surface area contributed by atoms with Crippen molar-refractivity contribution in [2.24, 2.45) is 11.7 Å². The summed E-state index contributed by atoms with van der Waals surface area (Å²) < 4.78 is 15.6. The summed E-state index contributed by atoms with van der Waals surface area (Å²) in [5.41, 5.74) is 11.6. The number of aromatic nitrogens is 2. The number of rotatable bonds is 11. The number of fused-ring (bicyclic) bond motifs is 1. The first-order valence-electron chi connectivity index (χ1n) is 12.1. The van der Waals surface area contributed by atoms with Crippen molar-refractivity contribution >= 4 is 22.4 Å². The molecule has 0 saturated heterocycles. The Kier molecular flexibility index (Phi) is 7.83. The van der Waals surface area contributed by atoms with Crippen LogP contribution in [-0.4, -0.2) is 29.2 Å². The highest BCUT2D eigenvalue weighted by atomic mass is 19.1. The topological polar surface area (TPSA) is 59.1 Å². The van der Waals surface area contributed by atoms with Gasteiger partial charge >= 0.3 is 0 Å². The van der Waals surface area contributed by atoms with E-state index in [0.717, 1.165) is 48.3 Å². The van der Waals surface area contributed by atoms with Gasteiger partial charge in [0.15, 0.2) is 0 Å². The van der Waals surface area contributed by atoms with Crippen LogP contribution in [0.2, 0.25) is 0 Å². The first kappa shape index (κ1) is 24.5. The van der Waals surface area contributed by atoms with Crippen molar-refractivity contribution in [1.29, 1.82) is 0 Å². The highest BCUT2D eigenvalue weighted by Crippen LogP contribution is 2.27. The first-order chi connectivity index (χ1) is 16.9. The number of hydrogen-bond donors (Lipinski definition) is 2. The molecule has 6 heteroatoms. The van der Waals surface area contributed by atoms with Crippen LogP contribution in [0.15, 0.2) is 79.6 Å². The highest BCUT2D eigenvalue weighted by molar-refractivity contribution is 5.90. The van der Waals surface area contributed by atoms with Gasteiger partial charge in [0.25, 0.3) is 0 Å². The Morgan fingerprint density at radius 3 is 2.63 bits per heavy atom. The van der Waals surface area contributed by atoms with E-state index in [1.165, 1.54) is 17.3 Å². The van der Waals surface area contributed by atoms with Crippen LogP contribution in [0, 0.1) is 11.7 Å². The molecule has 0 fully saturated rings. The molecule has 5 nitrogen and oxygen atoms in total. The minimum absolute atomic E-state index is 0.199. The van der Waals surface area contributed by atoms with Gasteiger partial charge in [-0.3, -0.25) is 0 Å². The number of anilines is 1. The lowest BCUT2D eigenvalue weighted by atomic mass is 10.1. The lowest BCUT2D eigenvalue weighted by Gasteiger charge is -2.27. The Hall–Kier alpha value is -3.64. The van der Waals surface area contributed by atoms with Crippen LogP contribution in [-0.2, 0) is 13.1 Å². The zero-order chi connectivity index (χ0) is 24.8. The third-order valence-electron chi connectivity index (χ3n) is 6.02. The molecule has 0 aliphatic rings. The lowest BCUT2D eigenvalue weighted by molar-refractivity contribution is 0.585. The fraction of sp³-hybridized carbons (Fsp3) is 0.276. The predicted molar refractivity (Wildman–Crippen MR) is 144 cm³/mol. The van der Waals surface area contributed by atoms with Crippen LogP contribution >= 0.6 is 0 Å². The molecule has 0 aliphatic carbocycles. The van der Waals surface area contributed by atoms with E-state index < -0.39 is 0 Å². The normalized spacial score (nSPS) is 11.3. The number of benzene rings is 2. The van der Waals surface area contributed by atoms with Gasteiger partial charge in [-0.2, -0.15) is 0 Å². The van der Waals surface area contributed by atoms with Crippen molar-refractivity contribution in [3.63, 3.8) is 0 Å². The highest BCUT2D eigenvalue weighted by Gasteiger charge is 2.15. The molecule has 4 rings (SSSR count). The summed E-state index contributed by atoms with van der Waals surface area (Å²) in [4.78, 5) is 7.12. The number of halogens is 1. The zero-order valence-corrected chi connectivity index (χ0v) is 20.5. The molecule has 0 spiro atoms. The van der Waals surface area contributed by atoms with E-state index in [-0.39, 0.29) is 5.82 Å². The molecule has 182 valence electrons. The van der Waals surface area contributed by atoms with E-state index in [1.807, 2.05) is 24.4 Å². The summed E-state index contributed by atoms with van der Waals surface area (Å²) >= 11 is 0. The van der Waals surface area contributed by atoms with Gasteiger partial charge in [-0.15, -0.1) is 0 Å². The van der Waals surface area contributed by atoms with Crippen LogP contribution in [0.4, 0.5) is 10.1 Å². The lowest BCUT2D eigenvalue weighted by Crippen LogP contribution is -2.34. The molecule has 0 radical (unpaired) electrons. The second-order valence-corrected chi connectivity index (χ2v) is 9.38. The molecule has 0 aliphatic heterocycles. The van der Waals surface area contributed by atoms with Crippen molar-refractivity contribution < 1.29 is 4.39 Å². The molecule has 2 aromatic heterocycles. The van der Waals surface area contributed by atoms with Crippen molar-refractivity contribution in [2.45, 2.75) is 26.9 Å². The number of hydrogen-bond acceptors (Lipinski definition) is 4. The van der Waals surface area contributed by atoms with Crippen LogP contribution in [0.1, 0.15) is 30.5 Å². The van der Waals surface area contributed by atoms with Gasteiger partial charge in [-0.05, 0) is 46.9 Å². The first-order valence-corrected chi connectivity index (χ1v) is 12.1. The number of nitrogens with one attached hydrogen (secondary N) is 1. The van der Waals surface area contributed by atoms with Gasteiger partial charge < -0.3 is 20.5 Å². The largest absolute Gasteiger partial charge is 0.399 e. The molecule has 0 amide bonds. The van der Waals surface area contributed by atoms with Gasteiger partial charge in [0.1, 0.15) is 11.5 Å². The summed E-state index contributed by atoms with van der Waals surface area (Å²) in [6.45, 7) is 12.2. The average molecular weight is 472 g/mol. The van der Waals surface area contributed by atoms with Crippen molar-refractivity contribution in [3.8, 4) is 0 Å². The van der Waals surface area contributed by atoms with Gasteiger partial charge in [0, 0.05) is 61.9 Å². The third kappa shape index (κ3) is 6.28. The van der Waals surface area contributed by atoms with Crippen LogP contribution in [0.3, 0.4) is 0 Å². The Morgan fingerprint density at radius 1 is 1.11 bits per heavy atom. The van der Waals surface area contributed by atoms with Gasteiger partial charge in [0.05, 0.1) is 0 Å². The standard InChI is InChI=1S/C29H34FN5/c1-21(2)19-34(16-14-32-18-24-5-4-6-26(30)17-24)28-11-13-33-29-27(28)12-15-35(29)20-23-7-9-25(10-8-23)22(3)31/h4-13,15,17,21,32H,3,14,16,18-20,31H2,1-2H3. The van der Waals surface area contributed by atoms with E-state index in [4.69, 9.17) is 10.7 Å². The van der Waals surface area contributed by atoms with Gasteiger partial charge in [-0.25, -0.2) is 9.37 Å². The quantitative estimate of drug-likeness (QED) is 0.287. The van der Waals surface area contributed by atoms with Gasteiger partial charge in [-0.1, -0.05) is 56.8 Å². The maximum Gasteiger partial charge on any atom is 0.142 e. The van der Waals surface area contributed by atoms with Crippen molar-refractivity contribution in [1.82, 2.24) is 14.9 Å². The summed E-state index contributed by atoms with van der Waals surface area (Å²) in [6, 6.07) is 19.2. The molecule has 35 heavy (non-hydrogen) atoms. The fourth-order valence-electron chi connectivity index (χ4n) is 4.35. The Labute approximate surface area is 207 Å². The summed E-state index contributed by atoms with van der Waals surface area (Å²) in [5, 5.41) is 4.60. The second-order valence-electron chi connectivity index (χ2n) is 9.38. The SMILES string of the molecule is C=C(N)c1ccc(Cn2ccc3c(N(CCNCc4cccc(F)c4)CC(C)C)ccnc32)cc1. The maximum absolute atomic E-state index is 13.5. The molecule has 0 unspecified atom stereocenters.